The number of rotatable bonds is 2. The predicted octanol–water partition coefficient (Wildman–Crippen LogP) is 4.16. The maximum atomic E-state index is 2.34. The Morgan fingerprint density at radius 3 is 1.23 bits per heavy atom. The molecule has 1 heterocycles. The minimum atomic E-state index is -0.997. The molecular weight excluding hydrogens is 328 g/mol. The molecule has 0 saturated heterocycles. The van der Waals surface area contributed by atoms with E-state index >= 15 is 0 Å². The molecule has 1 aliphatic rings. The van der Waals surface area contributed by atoms with Gasteiger partial charge in [-0.3, -0.25) is 0 Å². The molecule has 0 aliphatic carbocycles. The van der Waals surface area contributed by atoms with Crippen LogP contribution in [0.5, 0.6) is 0 Å². The lowest BCUT2D eigenvalue weighted by molar-refractivity contribution is 1.46. The molecular formula is C25H19Si. The van der Waals surface area contributed by atoms with Gasteiger partial charge in [0.05, 0.1) is 0 Å². The number of aryl methyl sites for hydroxylation is 1. The minimum absolute atomic E-state index is 0.997. The standard InChI is InChI=1S/C25H19Si/c1-18-10-2-3-11-19(18)20-12-4-7-15-23(20)26-24-16-8-5-13-21(24)22-14-6-9-17-25(22)26/h2-17H,1H3. The molecule has 0 bridgehead atoms. The van der Waals surface area contributed by atoms with Crippen molar-refractivity contribution in [2.75, 3.05) is 0 Å². The summed E-state index contributed by atoms with van der Waals surface area (Å²) in [7, 11) is -0.997. The van der Waals surface area contributed by atoms with E-state index in [1.54, 1.807) is 0 Å². The molecule has 5 rings (SSSR count). The zero-order valence-corrected chi connectivity index (χ0v) is 15.7. The summed E-state index contributed by atoms with van der Waals surface area (Å²) >= 11 is 0. The highest BCUT2D eigenvalue weighted by Gasteiger charge is 2.32. The van der Waals surface area contributed by atoms with Gasteiger partial charge in [0.1, 0.15) is 0 Å². The van der Waals surface area contributed by atoms with Gasteiger partial charge in [0, 0.05) is 0 Å². The van der Waals surface area contributed by atoms with E-state index in [1.165, 1.54) is 43.4 Å². The average Bonchev–Trinajstić information content (AvgIpc) is 3.03. The molecule has 0 aromatic heterocycles. The molecule has 26 heavy (non-hydrogen) atoms. The van der Waals surface area contributed by atoms with E-state index in [-0.39, 0.29) is 0 Å². The van der Waals surface area contributed by atoms with Gasteiger partial charge >= 0.3 is 0 Å². The van der Waals surface area contributed by atoms with Gasteiger partial charge in [-0.2, -0.15) is 0 Å². The molecule has 123 valence electrons. The molecule has 4 aromatic carbocycles. The maximum Gasteiger partial charge on any atom is 0.156 e. The summed E-state index contributed by atoms with van der Waals surface area (Å²) in [5, 5.41) is 4.52. The smallest absolute Gasteiger partial charge is 0.0623 e. The van der Waals surface area contributed by atoms with E-state index in [2.05, 4.69) is 104 Å². The van der Waals surface area contributed by atoms with Gasteiger partial charge in [0.25, 0.3) is 0 Å². The van der Waals surface area contributed by atoms with E-state index in [4.69, 9.17) is 0 Å². The molecule has 0 N–H and O–H groups in total. The van der Waals surface area contributed by atoms with Crippen LogP contribution in [0.2, 0.25) is 0 Å². The normalized spacial score (nSPS) is 12.7. The van der Waals surface area contributed by atoms with Crippen LogP contribution in [0.4, 0.5) is 0 Å². The van der Waals surface area contributed by atoms with E-state index in [0.717, 1.165) is 0 Å². The molecule has 0 saturated carbocycles. The zero-order chi connectivity index (χ0) is 17.5. The van der Waals surface area contributed by atoms with Crippen molar-refractivity contribution in [1.29, 1.82) is 0 Å². The van der Waals surface area contributed by atoms with Crippen molar-refractivity contribution in [3.05, 3.63) is 103 Å². The van der Waals surface area contributed by atoms with Crippen LogP contribution in [0.3, 0.4) is 0 Å². The highest BCUT2D eigenvalue weighted by molar-refractivity contribution is 6.99. The number of hydrogen-bond donors (Lipinski definition) is 0. The first kappa shape index (κ1) is 15.4. The van der Waals surface area contributed by atoms with Crippen LogP contribution in [0.25, 0.3) is 22.3 Å². The molecule has 0 spiro atoms. The number of benzene rings is 4. The van der Waals surface area contributed by atoms with Gasteiger partial charge in [0.15, 0.2) is 8.80 Å². The van der Waals surface area contributed by atoms with E-state index in [1.807, 2.05) is 0 Å². The Morgan fingerprint density at radius 2 is 0.769 bits per heavy atom. The summed E-state index contributed by atoms with van der Waals surface area (Å²) in [6.07, 6.45) is 0. The highest BCUT2D eigenvalue weighted by Crippen LogP contribution is 2.26. The summed E-state index contributed by atoms with van der Waals surface area (Å²) in [6, 6.07) is 35.6. The van der Waals surface area contributed by atoms with Gasteiger partial charge in [-0.05, 0) is 50.3 Å². The van der Waals surface area contributed by atoms with Crippen LogP contribution in [0.1, 0.15) is 5.56 Å². The molecule has 1 heteroatoms. The average molecular weight is 348 g/mol. The Labute approximate surface area is 156 Å². The van der Waals surface area contributed by atoms with Crippen LogP contribution in [0, 0.1) is 6.92 Å². The van der Waals surface area contributed by atoms with Crippen molar-refractivity contribution in [2.24, 2.45) is 0 Å². The lowest BCUT2D eigenvalue weighted by Crippen LogP contribution is -2.49. The predicted molar refractivity (Wildman–Crippen MR) is 113 cm³/mol. The van der Waals surface area contributed by atoms with E-state index in [9.17, 15) is 0 Å². The van der Waals surface area contributed by atoms with Crippen LogP contribution >= 0.6 is 0 Å². The van der Waals surface area contributed by atoms with E-state index in [0.29, 0.717) is 0 Å². The fraction of sp³-hybridized carbons (Fsp3) is 0.0400. The molecule has 4 aromatic rings. The molecule has 0 fully saturated rings. The van der Waals surface area contributed by atoms with Gasteiger partial charge in [-0.25, -0.2) is 0 Å². The van der Waals surface area contributed by atoms with Crippen molar-refractivity contribution in [3.8, 4) is 22.3 Å². The van der Waals surface area contributed by atoms with Gasteiger partial charge < -0.3 is 0 Å². The maximum absolute atomic E-state index is 2.34. The molecule has 0 nitrogen and oxygen atoms in total. The first-order valence-corrected chi connectivity index (χ1v) is 10.6. The Hall–Kier alpha value is -2.90. The first-order chi connectivity index (χ1) is 12.8. The Balaban J connectivity index is 1.79. The van der Waals surface area contributed by atoms with E-state index < -0.39 is 8.80 Å². The highest BCUT2D eigenvalue weighted by atomic mass is 28.3. The summed E-state index contributed by atoms with van der Waals surface area (Å²) in [6.45, 7) is 2.21. The Morgan fingerprint density at radius 1 is 0.423 bits per heavy atom. The van der Waals surface area contributed by atoms with Crippen LogP contribution in [0.15, 0.2) is 97.1 Å². The van der Waals surface area contributed by atoms with Gasteiger partial charge in [-0.1, -0.05) is 97.1 Å². The van der Waals surface area contributed by atoms with Crippen LogP contribution < -0.4 is 15.6 Å². The monoisotopic (exact) mass is 347 g/mol. The molecule has 0 amide bonds. The Kier molecular flexibility index (Phi) is 3.61. The summed E-state index contributed by atoms with van der Waals surface area (Å²) in [5.41, 5.74) is 6.89. The molecule has 1 aliphatic heterocycles. The third kappa shape index (κ3) is 2.28. The largest absolute Gasteiger partial charge is 0.156 e. The van der Waals surface area contributed by atoms with Gasteiger partial charge in [0.2, 0.25) is 0 Å². The first-order valence-electron chi connectivity index (χ1n) is 9.06. The van der Waals surface area contributed by atoms with Crippen LogP contribution in [-0.4, -0.2) is 8.80 Å². The SMILES string of the molecule is Cc1ccccc1-c1ccccc1[Si]1c2ccccc2-c2ccccc21. The van der Waals surface area contributed by atoms with Crippen LogP contribution in [-0.2, 0) is 0 Å². The fourth-order valence-corrected chi connectivity index (χ4v) is 7.24. The second-order valence-electron chi connectivity index (χ2n) is 6.83. The number of fused-ring (bicyclic) bond motifs is 3. The minimum Gasteiger partial charge on any atom is -0.0623 e. The summed E-state index contributed by atoms with van der Waals surface area (Å²) < 4.78 is 0. The molecule has 0 unspecified atom stereocenters. The van der Waals surface area contributed by atoms with Crippen molar-refractivity contribution >= 4 is 24.4 Å². The topological polar surface area (TPSA) is 0 Å². The third-order valence-electron chi connectivity index (χ3n) is 5.31. The zero-order valence-electron chi connectivity index (χ0n) is 14.7. The fourth-order valence-electron chi connectivity index (χ4n) is 4.12. The lowest BCUT2D eigenvalue weighted by atomic mass is 10.0. The second-order valence-corrected chi connectivity index (χ2v) is 9.19. The number of hydrogen-bond acceptors (Lipinski definition) is 0. The molecule has 0 atom stereocenters. The van der Waals surface area contributed by atoms with Crippen molar-refractivity contribution in [3.63, 3.8) is 0 Å². The molecule has 1 radical (unpaired) electrons. The quantitative estimate of drug-likeness (QED) is 0.421. The lowest BCUT2D eigenvalue weighted by Gasteiger charge is -2.18. The van der Waals surface area contributed by atoms with Crippen molar-refractivity contribution in [2.45, 2.75) is 6.92 Å². The van der Waals surface area contributed by atoms with Crippen molar-refractivity contribution in [1.82, 2.24) is 0 Å². The Bertz CT molecular complexity index is 1060. The summed E-state index contributed by atoms with van der Waals surface area (Å²) in [5.74, 6) is 0. The van der Waals surface area contributed by atoms with Gasteiger partial charge in [-0.15, -0.1) is 0 Å². The summed E-state index contributed by atoms with van der Waals surface area (Å²) in [4.78, 5) is 0. The second kappa shape index (κ2) is 6.12. The van der Waals surface area contributed by atoms with Crippen molar-refractivity contribution < 1.29 is 0 Å². The third-order valence-corrected chi connectivity index (χ3v) is 8.24.